The molecule has 1 fully saturated rings. The molecule has 0 bridgehead atoms. The van der Waals surface area contributed by atoms with Crippen molar-refractivity contribution in [1.82, 2.24) is 10.2 Å². The smallest absolute Gasteiger partial charge is 0.194 e. The molecule has 0 radical (unpaired) electrons. The molecule has 8 heteroatoms. The highest BCUT2D eigenvalue weighted by atomic mass is 35.5. The van der Waals surface area contributed by atoms with E-state index in [-0.39, 0.29) is 31.2 Å². The third-order valence-electron chi connectivity index (χ3n) is 3.27. The van der Waals surface area contributed by atoms with Gasteiger partial charge in [0.25, 0.3) is 0 Å². The van der Waals surface area contributed by atoms with E-state index in [0.29, 0.717) is 18.7 Å². The molecule has 2 rings (SSSR count). The lowest BCUT2D eigenvalue weighted by Crippen LogP contribution is -2.45. The van der Waals surface area contributed by atoms with E-state index < -0.39 is 23.5 Å². The number of piperazine rings is 1. The number of nitriles is 1. The second-order valence-corrected chi connectivity index (χ2v) is 4.46. The summed E-state index contributed by atoms with van der Waals surface area (Å²) in [6, 6.07) is 3.56. The highest BCUT2D eigenvalue weighted by molar-refractivity contribution is 5.85. The number of rotatable bonds is 3. The van der Waals surface area contributed by atoms with Gasteiger partial charge in [-0.2, -0.15) is 5.26 Å². The first-order valence-corrected chi connectivity index (χ1v) is 6.09. The van der Waals surface area contributed by atoms with Crippen molar-refractivity contribution in [3.8, 4) is 6.07 Å². The Morgan fingerprint density at radius 1 is 1.14 bits per heavy atom. The number of hydrogen-bond donors (Lipinski definition) is 1. The summed E-state index contributed by atoms with van der Waals surface area (Å²) in [4.78, 5) is 1.98. The van der Waals surface area contributed by atoms with Crippen LogP contribution in [0, 0.1) is 28.8 Å². The maximum atomic E-state index is 13.3. The standard InChI is InChI=1S/C13H14F3N3.2ClH/c14-10-7-9(8-11(15)13(10)16)12(1-2-17)19-5-3-18-4-6-19;;/h7-8,12,18H,1,3-6H2;2*1H/t12-;;/m0../s1. The number of benzene rings is 1. The molecule has 0 saturated carbocycles. The highest BCUT2D eigenvalue weighted by Gasteiger charge is 2.24. The van der Waals surface area contributed by atoms with Crippen LogP contribution in [0.25, 0.3) is 0 Å². The van der Waals surface area contributed by atoms with Gasteiger partial charge >= 0.3 is 0 Å². The quantitative estimate of drug-likeness (QED) is 0.859. The molecule has 1 aromatic carbocycles. The van der Waals surface area contributed by atoms with E-state index in [2.05, 4.69) is 5.32 Å². The molecule has 1 heterocycles. The zero-order valence-electron chi connectivity index (χ0n) is 11.1. The predicted octanol–water partition coefficient (Wildman–Crippen LogP) is 2.81. The average Bonchev–Trinajstić information content (AvgIpc) is 2.42. The van der Waals surface area contributed by atoms with Gasteiger partial charge in [-0.3, -0.25) is 4.90 Å². The minimum Gasteiger partial charge on any atom is -0.314 e. The molecular formula is C13H16Cl2F3N3. The van der Waals surface area contributed by atoms with Gasteiger partial charge in [0, 0.05) is 32.2 Å². The molecule has 3 nitrogen and oxygen atoms in total. The number of hydrogen-bond acceptors (Lipinski definition) is 3. The topological polar surface area (TPSA) is 39.1 Å². The predicted molar refractivity (Wildman–Crippen MR) is 78.2 cm³/mol. The minimum absolute atomic E-state index is 0. The van der Waals surface area contributed by atoms with Crippen molar-refractivity contribution in [3.05, 3.63) is 35.1 Å². The van der Waals surface area contributed by atoms with Gasteiger partial charge in [0.15, 0.2) is 17.5 Å². The molecule has 1 atom stereocenters. The molecule has 0 aliphatic carbocycles. The summed E-state index contributed by atoms with van der Waals surface area (Å²) in [5.74, 6) is -3.90. The second kappa shape index (κ2) is 9.11. The van der Waals surface area contributed by atoms with Crippen molar-refractivity contribution >= 4 is 24.8 Å². The van der Waals surface area contributed by atoms with Gasteiger partial charge in [0.1, 0.15) is 0 Å². The zero-order valence-corrected chi connectivity index (χ0v) is 12.7. The molecule has 1 aliphatic rings. The maximum absolute atomic E-state index is 13.3. The van der Waals surface area contributed by atoms with E-state index in [4.69, 9.17) is 5.26 Å². The first-order chi connectivity index (χ1) is 9.13. The Bertz CT molecular complexity index is 479. The second-order valence-electron chi connectivity index (χ2n) is 4.46. The monoisotopic (exact) mass is 341 g/mol. The molecule has 0 unspecified atom stereocenters. The Kier molecular flexibility index (Phi) is 8.67. The molecule has 21 heavy (non-hydrogen) atoms. The van der Waals surface area contributed by atoms with Gasteiger partial charge in [-0.25, -0.2) is 13.2 Å². The molecule has 0 amide bonds. The van der Waals surface area contributed by atoms with Crippen LogP contribution in [-0.2, 0) is 0 Å². The fourth-order valence-electron chi connectivity index (χ4n) is 2.31. The number of halogens is 5. The summed E-state index contributed by atoms with van der Waals surface area (Å²) in [5.41, 5.74) is 0.305. The van der Waals surface area contributed by atoms with Crippen LogP contribution in [0.1, 0.15) is 18.0 Å². The van der Waals surface area contributed by atoms with Gasteiger partial charge in [-0.1, -0.05) is 0 Å². The average molecular weight is 342 g/mol. The van der Waals surface area contributed by atoms with Gasteiger partial charge in [-0.05, 0) is 17.7 Å². The van der Waals surface area contributed by atoms with Crippen molar-refractivity contribution in [2.24, 2.45) is 0 Å². The highest BCUT2D eigenvalue weighted by Crippen LogP contribution is 2.27. The van der Waals surface area contributed by atoms with Crippen LogP contribution in [0.4, 0.5) is 13.2 Å². The lowest BCUT2D eigenvalue weighted by atomic mass is 10.0. The van der Waals surface area contributed by atoms with E-state index in [0.717, 1.165) is 25.2 Å². The summed E-state index contributed by atoms with van der Waals surface area (Å²) in [6.07, 6.45) is 0.116. The lowest BCUT2D eigenvalue weighted by Gasteiger charge is -2.34. The number of nitrogens with zero attached hydrogens (tertiary/aromatic N) is 2. The number of nitrogens with one attached hydrogen (secondary N) is 1. The van der Waals surface area contributed by atoms with E-state index in [1.165, 1.54) is 0 Å². The van der Waals surface area contributed by atoms with Crippen LogP contribution in [0.2, 0.25) is 0 Å². The van der Waals surface area contributed by atoms with Crippen LogP contribution in [0.15, 0.2) is 12.1 Å². The fraction of sp³-hybridized carbons (Fsp3) is 0.462. The summed E-state index contributed by atoms with van der Waals surface area (Å²) in [5, 5.41) is 12.0. The molecule has 1 aromatic rings. The van der Waals surface area contributed by atoms with Gasteiger partial charge < -0.3 is 5.32 Å². The summed E-state index contributed by atoms with van der Waals surface area (Å²) < 4.78 is 39.5. The molecule has 0 aromatic heterocycles. The Balaban J connectivity index is 0.00000200. The van der Waals surface area contributed by atoms with Gasteiger partial charge in [-0.15, -0.1) is 24.8 Å². The van der Waals surface area contributed by atoms with Crippen molar-refractivity contribution < 1.29 is 13.2 Å². The van der Waals surface area contributed by atoms with Gasteiger partial charge in [0.05, 0.1) is 12.5 Å². The molecule has 0 spiro atoms. The minimum atomic E-state index is -1.47. The fourth-order valence-corrected chi connectivity index (χ4v) is 2.31. The summed E-state index contributed by atoms with van der Waals surface area (Å²) >= 11 is 0. The SMILES string of the molecule is Cl.Cl.N#CC[C@@H](c1cc(F)c(F)c(F)c1)N1CCNCC1. The molecule has 1 aliphatic heterocycles. The Morgan fingerprint density at radius 2 is 1.67 bits per heavy atom. The third kappa shape index (κ3) is 4.75. The van der Waals surface area contributed by atoms with E-state index in [1.54, 1.807) is 0 Å². The van der Waals surface area contributed by atoms with Gasteiger partial charge in [0.2, 0.25) is 0 Å². The zero-order chi connectivity index (χ0) is 13.8. The van der Waals surface area contributed by atoms with Crippen LogP contribution < -0.4 is 5.32 Å². The van der Waals surface area contributed by atoms with Crippen LogP contribution in [-0.4, -0.2) is 31.1 Å². The molecule has 1 N–H and O–H groups in total. The van der Waals surface area contributed by atoms with Crippen molar-refractivity contribution in [2.45, 2.75) is 12.5 Å². The Morgan fingerprint density at radius 3 is 2.14 bits per heavy atom. The van der Waals surface area contributed by atoms with E-state index >= 15 is 0 Å². The Labute approximate surface area is 133 Å². The van der Waals surface area contributed by atoms with Crippen LogP contribution >= 0.6 is 24.8 Å². The molecule has 1 saturated heterocycles. The van der Waals surface area contributed by atoms with Crippen molar-refractivity contribution in [3.63, 3.8) is 0 Å². The summed E-state index contributed by atoms with van der Waals surface area (Å²) in [6.45, 7) is 2.89. The molecule has 118 valence electrons. The van der Waals surface area contributed by atoms with E-state index in [9.17, 15) is 13.2 Å². The van der Waals surface area contributed by atoms with Crippen molar-refractivity contribution in [2.75, 3.05) is 26.2 Å². The Hall–Kier alpha value is -1.00. The van der Waals surface area contributed by atoms with E-state index in [1.807, 2.05) is 11.0 Å². The van der Waals surface area contributed by atoms with Crippen molar-refractivity contribution in [1.29, 1.82) is 5.26 Å². The normalized spacial score (nSPS) is 16.3. The van der Waals surface area contributed by atoms with Crippen LogP contribution in [0.3, 0.4) is 0 Å². The first-order valence-electron chi connectivity index (χ1n) is 6.09. The van der Waals surface area contributed by atoms with Crippen LogP contribution in [0.5, 0.6) is 0 Å². The largest absolute Gasteiger partial charge is 0.314 e. The first kappa shape index (κ1) is 20.0. The third-order valence-corrected chi connectivity index (χ3v) is 3.27. The summed E-state index contributed by atoms with van der Waals surface area (Å²) in [7, 11) is 0. The molecular weight excluding hydrogens is 326 g/mol. The maximum Gasteiger partial charge on any atom is 0.194 e. The lowest BCUT2D eigenvalue weighted by molar-refractivity contribution is 0.175.